The second-order valence-electron chi connectivity index (χ2n) is 5.29. The van der Waals surface area contributed by atoms with Gasteiger partial charge in [0.05, 0.1) is 12.3 Å². The van der Waals surface area contributed by atoms with Gasteiger partial charge in [0.15, 0.2) is 6.23 Å². The minimum atomic E-state index is -0.0452. The molecule has 2 aromatic rings. The zero-order chi connectivity index (χ0) is 14.4. The molecular formula is C16H15ClN2O2. The molecule has 0 amide bonds. The number of benzene rings is 1. The lowest BCUT2D eigenvalue weighted by molar-refractivity contribution is -0.0188. The zero-order valence-corrected chi connectivity index (χ0v) is 12.4. The fourth-order valence-corrected chi connectivity index (χ4v) is 3.18. The second kappa shape index (κ2) is 4.81. The molecule has 0 fully saturated rings. The van der Waals surface area contributed by atoms with E-state index in [1.807, 2.05) is 35.3 Å². The molecule has 4 nitrogen and oxygen atoms in total. The fraction of sp³-hybridized carbons (Fsp3) is 0.312. The van der Waals surface area contributed by atoms with Crippen molar-refractivity contribution in [3.05, 3.63) is 52.9 Å². The number of ether oxygens (including phenoxy) is 1. The summed E-state index contributed by atoms with van der Waals surface area (Å²) >= 11 is 6.14. The first-order chi connectivity index (χ1) is 10.3. The number of rotatable bonds is 2. The maximum Gasteiger partial charge on any atom is 0.187 e. The van der Waals surface area contributed by atoms with Crippen LogP contribution in [0.15, 0.2) is 46.1 Å². The second-order valence-corrected chi connectivity index (χ2v) is 5.72. The summed E-state index contributed by atoms with van der Waals surface area (Å²) in [6.07, 6.45) is 3.30. The molecule has 108 valence electrons. The van der Waals surface area contributed by atoms with Crippen LogP contribution in [0.2, 0.25) is 5.02 Å². The average Bonchev–Trinajstić information content (AvgIpc) is 3.15. The van der Waals surface area contributed by atoms with Crippen LogP contribution in [0.3, 0.4) is 0 Å². The molecule has 2 aliphatic rings. The molecule has 0 bridgehead atoms. The molecule has 5 heteroatoms. The normalized spacial score (nSPS) is 23.3. The predicted molar refractivity (Wildman–Crippen MR) is 80.6 cm³/mol. The Balaban J connectivity index is 1.76. The number of hydrazone groups is 1. The van der Waals surface area contributed by atoms with Crippen LogP contribution in [0.5, 0.6) is 5.75 Å². The molecule has 2 aliphatic heterocycles. The van der Waals surface area contributed by atoms with Crippen molar-refractivity contribution < 1.29 is 9.15 Å². The Bertz CT molecular complexity index is 696. The summed E-state index contributed by atoms with van der Waals surface area (Å²) in [5, 5.41) is 7.48. The average molecular weight is 303 g/mol. The van der Waals surface area contributed by atoms with Gasteiger partial charge in [-0.3, -0.25) is 5.01 Å². The third-order valence-corrected chi connectivity index (χ3v) is 4.22. The molecule has 2 atom stereocenters. The largest absolute Gasteiger partial charge is 0.469 e. The van der Waals surface area contributed by atoms with Gasteiger partial charge >= 0.3 is 0 Å². The summed E-state index contributed by atoms with van der Waals surface area (Å²) in [4.78, 5) is 0. The van der Waals surface area contributed by atoms with Gasteiger partial charge in [-0.1, -0.05) is 18.5 Å². The molecule has 0 unspecified atom stereocenters. The molecule has 1 aromatic carbocycles. The number of nitrogens with zero attached hydrogens (tertiary/aromatic N) is 2. The Morgan fingerprint density at radius 1 is 1.38 bits per heavy atom. The molecule has 0 aliphatic carbocycles. The van der Waals surface area contributed by atoms with Crippen LogP contribution < -0.4 is 4.74 Å². The van der Waals surface area contributed by atoms with Crippen LogP contribution in [0, 0.1) is 0 Å². The van der Waals surface area contributed by atoms with E-state index in [4.69, 9.17) is 25.9 Å². The fourth-order valence-electron chi connectivity index (χ4n) is 2.99. The minimum absolute atomic E-state index is 0.0452. The van der Waals surface area contributed by atoms with Gasteiger partial charge in [0, 0.05) is 23.4 Å². The lowest BCUT2D eigenvalue weighted by atomic mass is 9.98. The van der Waals surface area contributed by atoms with Gasteiger partial charge in [0.1, 0.15) is 17.2 Å². The third-order valence-electron chi connectivity index (χ3n) is 3.99. The van der Waals surface area contributed by atoms with Crippen molar-refractivity contribution in [2.24, 2.45) is 5.10 Å². The first-order valence-electron chi connectivity index (χ1n) is 7.12. The molecule has 0 spiro atoms. The standard InChI is InChI=1S/C16H15ClN2O2/c1-2-16-19-13(9-12(18-19)15-4-3-7-20-15)11-8-10(17)5-6-14(11)21-16/h3-8,13,16H,2,9H2,1H3/t13-,16-/m0/s1. The maximum absolute atomic E-state index is 6.14. The summed E-state index contributed by atoms with van der Waals surface area (Å²) in [6, 6.07) is 9.78. The Labute approximate surface area is 128 Å². The van der Waals surface area contributed by atoms with Crippen LogP contribution in [0.1, 0.15) is 37.1 Å². The molecule has 1 aromatic heterocycles. The van der Waals surface area contributed by atoms with E-state index in [0.29, 0.717) is 0 Å². The van der Waals surface area contributed by atoms with Gasteiger partial charge < -0.3 is 9.15 Å². The maximum atomic E-state index is 6.14. The first kappa shape index (κ1) is 12.8. The Morgan fingerprint density at radius 2 is 2.29 bits per heavy atom. The Morgan fingerprint density at radius 3 is 3.05 bits per heavy atom. The monoisotopic (exact) mass is 302 g/mol. The Hall–Kier alpha value is -1.94. The predicted octanol–water partition coefficient (Wildman–Crippen LogP) is 4.21. The van der Waals surface area contributed by atoms with Crippen LogP contribution in [-0.4, -0.2) is 16.9 Å². The van der Waals surface area contributed by atoms with E-state index in [1.165, 1.54) is 0 Å². The molecule has 0 radical (unpaired) electrons. The van der Waals surface area contributed by atoms with Crippen molar-refractivity contribution >= 4 is 17.3 Å². The number of halogens is 1. The third kappa shape index (κ3) is 2.02. The van der Waals surface area contributed by atoms with Crippen molar-refractivity contribution in [2.75, 3.05) is 0 Å². The number of fused-ring (bicyclic) bond motifs is 3. The number of hydrogen-bond acceptors (Lipinski definition) is 4. The van der Waals surface area contributed by atoms with Crippen LogP contribution in [0.25, 0.3) is 0 Å². The van der Waals surface area contributed by atoms with Gasteiger partial charge in [-0.2, -0.15) is 5.10 Å². The van der Waals surface area contributed by atoms with Gasteiger partial charge in [0.25, 0.3) is 0 Å². The van der Waals surface area contributed by atoms with Crippen molar-refractivity contribution in [1.82, 2.24) is 5.01 Å². The summed E-state index contributed by atoms with van der Waals surface area (Å²) in [5.41, 5.74) is 2.05. The summed E-state index contributed by atoms with van der Waals surface area (Å²) in [5.74, 6) is 1.73. The van der Waals surface area contributed by atoms with Gasteiger partial charge in [-0.25, -0.2) is 0 Å². The van der Waals surface area contributed by atoms with E-state index in [0.717, 1.165) is 40.6 Å². The molecule has 0 saturated carbocycles. The van der Waals surface area contributed by atoms with Crippen LogP contribution in [0.4, 0.5) is 0 Å². The molecule has 4 rings (SSSR count). The van der Waals surface area contributed by atoms with Crippen molar-refractivity contribution in [1.29, 1.82) is 0 Å². The SMILES string of the molecule is CC[C@@H]1Oc2ccc(Cl)cc2[C@@H]2CC(c3ccco3)=NN12. The van der Waals surface area contributed by atoms with E-state index < -0.39 is 0 Å². The number of furan rings is 1. The van der Waals surface area contributed by atoms with E-state index in [1.54, 1.807) is 6.26 Å². The molecule has 0 saturated heterocycles. The Kier molecular flexibility index (Phi) is 2.93. The highest BCUT2D eigenvalue weighted by molar-refractivity contribution is 6.30. The number of hydrogen-bond donors (Lipinski definition) is 0. The van der Waals surface area contributed by atoms with E-state index >= 15 is 0 Å². The van der Waals surface area contributed by atoms with E-state index in [-0.39, 0.29) is 12.3 Å². The molecule has 3 heterocycles. The lowest BCUT2D eigenvalue weighted by Crippen LogP contribution is -2.39. The minimum Gasteiger partial charge on any atom is -0.469 e. The lowest BCUT2D eigenvalue weighted by Gasteiger charge is -2.37. The zero-order valence-electron chi connectivity index (χ0n) is 11.6. The van der Waals surface area contributed by atoms with Gasteiger partial charge in [-0.05, 0) is 30.3 Å². The summed E-state index contributed by atoms with van der Waals surface area (Å²) in [7, 11) is 0. The van der Waals surface area contributed by atoms with E-state index in [2.05, 4.69) is 6.92 Å². The summed E-state index contributed by atoms with van der Waals surface area (Å²) in [6.45, 7) is 2.10. The highest BCUT2D eigenvalue weighted by Gasteiger charge is 2.40. The summed E-state index contributed by atoms with van der Waals surface area (Å²) < 4.78 is 11.5. The first-order valence-corrected chi connectivity index (χ1v) is 7.50. The van der Waals surface area contributed by atoms with Crippen LogP contribution in [-0.2, 0) is 0 Å². The van der Waals surface area contributed by atoms with E-state index in [9.17, 15) is 0 Å². The van der Waals surface area contributed by atoms with Gasteiger partial charge in [0.2, 0.25) is 0 Å². The van der Waals surface area contributed by atoms with Gasteiger partial charge in [-0.15, -0.1) is 0 Å². The van der Waals surface area contributed by atoms with Crippen molar-refractivity contribution in [3.8, 4) is 5.75 Å². The van der Waals surface area contributed by atoms with Crippen molar-refractivity contribution in [3.63, 3.8) is 0 Å². The molecular weight excluding hydrogens is 288 g/mol. The highest BCUT2D eigenvalue weighted by atomic mass is 35.5. The topological polar surface area (TPSA) is 38.0 Å². The molecule has 0 N–H and O–H groups in total. The quantitative estimate of drug-likeness (QED) is 0.834. The van der Waals surface area contributed by atoms with Crippen LogP contribution >= 0.6 is 11.6 Å². The molecule has 21 heavy (non-hydrogen) atoms. The smallest absolute Gasteiger partial charge is 0.187 e. The highest BCUT2D eigenvalue weighted by Crippen LogP contribution is 2.44. The van der Waals surface area contributed by atoms with Crippen molar-refractivity contribution in [2.45, 2.75) is 32.0 Å².